The van der Waals surface area contributed by atoms with Crippen molar-refractivity contribution in [2.45, 2.75) is 25.4 Å². The van der Waals surface area contributed by atoms with E-state index in [9.17, 15) is 9.59 Å². The van der Waals surface area contributed by atoms with Gasteiger partial charge in [0.2, 0.25) is 5.91 Å². The maximum absolute atomic E-state index is 11.8. The summed E-state index contributed by atoms with van der Waals surface area (Å²) in [5.41, 5.74) is 5.35. The third-order valence-corrected chi connectivity index (χ3v) is 2.84. The Balaban J connectivity index is 2.11. The molecule has 1 aliphatic rings. The van der Waals surface area contributed by atoms with Gasteiger partial charge in [-0.2, -0.15) is 0 Å². The van der Waals surface area contributed by atoms with E-state index in [0.717, 1.165) is 12.8 Å². The summed E-state index contributed by atoms with van der Waals surface area (Å²) in [6.45, 7) is 0.0663. The molecule has 0 aliphatic heterocycles. The Morgan fingerprint density at radius 2 is 2.31 bits per heavy atom. The van der Waals surface area contributed by atoms with Crippen LogP contribution in [0.4, 0.5) is 5.69 Å². The monoisotopic (exact) mass is 221 g/mol. The Kier molecular flexibility index (Phi) is 2.68. The molecule has 1 aromatic rings. The van der Waals surface area contributed by atoms with E-state index in [-0.39, 0.29) is 23.7 Å². The van der Waals surface area contributed by atoms with Crippen LogP contribution in [0.5, 0.6) is 0 Å². The number of hydrogen-bond donors (Lipinski definition) is 1. The first-order valence-electron chi connectivity index (χ1n) is 5.30. The number of carbonyl (C=O) groups is 1. The van der Waals surface area contributed by atoms with Gasteiger partial charge >= 0.3 is 0 Å². The predicted molar refractivity (Wildman–Crippen MR) is 60.9 cm³/mol. The Labute approximate surface area is 93.5 Å². The van der Waals surface area contributed by atoms with E-state index in [1.54, 1.807) is 24.2 Å². The number of aromatic nitrogens is 1. The number of nitrogens with zero attached hydrogens (tertiary/aromatic N) is 2. The largest absolute Gasteiger partial charge is 0.394 e. The molecule has 0 bridgehead atoms. The molecule has 5 heteroatoms. The molecule has 2 N–H and O–H groups in total. The summed E-state index contributed by atoms with van der Waals surface area (Å²) in [5.74, 6) is -0.0461. The number of nitrogens with two attached hydrogens (primary N) is 1. The molecule has 1 saturated carbocycles. The highest BCUT2D eigenvalue weighted by molar-refractivity contribution is 5.76. The second-order valence-electron chi connectivity index (χ2n) is 4.13. The smallest absolute Gasteiger partial charge is 0.274 e. The van der Waals surface area contributed by atoms with Crippen molar-refractivity contribution in [3.63, 3.8) is 0 Å². The highest BCUT2D eigenvalue weighted by Crippen LogP contribution is 2.25. The van der Waals surface area contributed by atoms with Crippen LogP contribution in [0.25, 0.3) is 0 Å². The molecule has 0 saturated heterocycles. The summed E-state index contributed by atoms with van der Waals surface area (Å²) in [6.07, 6.45) is 3.71. The molecule has 0 atom stereocenters. The number of rotatable bonds is 3. The molecule has 1 aliphatic carbocycles. The summed E-state index contributed by atoms with van der Waals surface area (Å²) in [6, 6.07) is 3.57. The van der Waals surface area contributed by atoms with Gasteiger partial charge in [-0.1, -0.05) is 0 Å². The molecule has 1 fully saturated rings. The molecular weight excluding hydrogens is 206 g/mol. The quantitative estimate of drug-likeness (QED) is 0.784. The van der Waals surface area contributed by atoms with Gasteiger partial charge < -0.3 is 15.2 Å². The van der Waals surface area contributed by atoms with Gasteiger partial charge in [-0.05, 0) is 25.0 Å². The van der Waals surface area contributed by atoms with E-state index in [0.29, 0.717) is 6.04 Å². The van der Waals surface area contributed by atoms with Crippen LogP contribution >= 0.6 is 0 Å². The molecule has 0 aromatic carbocycles. The second kappa shape index (κ2) is 4.00. The Morgan fingerprint density at radius 1 is 1.62 bits per heavy atom. The molecule has 0 spiro atoms. The maximum Gasteiger partial charge on any atom is 0.274 e. The number of hydrogen-bond acceptors (Lipinski definition) is 3. The summed E-state index contributed by atoms with van der Waals surface area (Å²) < 4.78 is 1.34. The van der Waals surface area contributed by atoms with E-state index in [1.165, 1.54) is 10.6 Å². The van der Waals surface area contributed by atoms with Gasteiger partial charge in [-0.25, -0.2) is 0 Å². The van der Waals surface area contributed by atoms with Crippen LogP contribution in [0.15, 0.2) is 23.1 Å². The van der Waals surface area contributed by atoms with Crippen molar-refractivity contribution in [1.82, 2.24) is 9.47 Å². The maximum atomic E-state index is 11.8. The summed E-state index contributed by atoms with van der Waals surface area (Å²) in [4.78, 5) is 25.1. The average Bonchev–Trinajstić information content (AvgIpc) is 3.07. The number of nitrogen functional groups attached to an aromatic ring is 1. The number of likely N-dealkylation sites (N-methyl/N-ethyl adjacent to an activating group) is 1. The fourth-order valence-electron chi connectivity index (χ4n) is 1.60. The van der Waals surface area contributed by atoms with Crippen molar-refractivity contribution in [3.05, 3.63) is 28.7 Å². The van der Waals surface area contributed by atoms with Crippen molar-refractivity contribution in [3.8, 4) is 0 Å². The first-order valence-corrected chi connectivity index (χ1v) is 5.30. The van der Waals surface area contributed by atoms with Gasteiger partial charge in [0, 0.05) is 19.3 Å². The minimum atomic E-state index is -0.306. The highest BCUT2D eigenvalue weighted by atomic mass is 16.2. The van der Waals surface area contributed by atoms with Crippen LogP contribution in [0.3, 0.4) is 0 Å². The number of anilines is 1. The predicted octanol–water partition coefficient (Wildman–Crippen LogP) is 0.0513. The van der Waals surface area contributed by atoms with E-state index in [1.807, 2.05) is 0 Å². The SMILES string of the molecule is CN(C(=O)Cn1cccc(N)c1=O)C1CC1. The lowest BCUT2D eigenvalue weighted by molar-refractivity contribution is -0.131. The van der Waals surface area contributed by atoms with E-state index >= 15 is 0 Å². The fourth-order valence-corrected chi connectivity index (χ4v) is 1.60. The third kappa shape index (κ3) is 2.08. The lowest BCUT2D eigenvalue weighted by Crippen LogP contribution is -2.35. The Bertz CT molecular complexity index is 463. The standard InChI is InChI=1S/C11H15N3O2/c1-13(8-4-5-8)10(15)7-14-6-2-3-9(12)11(14)16/h2-3,6,8H,4-5,7,12H2,1H3. The Hall–Kier alpha value is -1.78. The molecule has 0 radical (unpaired) electrons. The van der Waals surface area contributed by atoms with Crippen molar-refractivity contribution in [2.24, 2.45) is 0 Å². The molecule has 1 amide bonds. The number of pyridine rings is 1. The summed E-state index contributed by atoms with van der Waals surface area (Å²) in [5, 5.41) is 0. The molecule has 2 rings (SSSR count). The summed E-state index contributed by atoms with van der Waals surface area (Å²) >= 11 is 0. The van der Waals surface area contributed by atoms with Gasteiger partial charge in [0.1, 0.15) is 6.54 Å². The van der Waals surface area contributed by atoms with Crippen molar-refractivity contribution in [2.75, 3.05) is 12.8 Å². The lowest BCUT2D eigenvalue weighted by Gasteiger charge is -2.16. The van der Waals surface area contributed by atoms with Crippen LogP contribution in [0.1, 0.15) is 12.8 Å². The topological polar surface area (TPSA) is 68.3 Å². The number of carbonyl (C=O) groups excluding carboxylic acids is 1. The van der Waals surface area contributed by atoms with Crippen LogP contribution in [-0.4, -0.2) is 28.5 Å². The van der Waals surface area contributed by atoms with Gasteiger partial charge in [0.15, 0.2) is 0 Å². The van der Waals surface area contributed by atoms with Crippen molar-refractivity contribution in [1.29, 1.82) is 0 Å². The molecule has 5 nitrogen and oxygen atoms in total. The fraction of sp³-hybridized carbons (Fsp3) is 0.455. The van der Waals surface area contributed by atoms with Gasteiger partial charge in [-0.15, -0.1) is 0 Å². The van der Waals surface area contributed by atoms with Crippen LogP contribution in [-0.2, 0) is 11.3 Å². The minimum Gasteiger partial charge on any atom is -0.394 e. The second-order valence-corrected chi connectivity index (χ2v) is 4.13. The van der Waals surface area contributed by atoms with E-state index in [4.69, 9.17) is 5.73 Å². The summed E-state index contributed by atoms with van der Waals surface area (Å²) in [7, 11) is 1.78. The average molecular weight is 221 g/mol. The zero-order valence-corrected chi connectivity index (χ0v) is 9.22. The van der Waals surface area contributed by atoms with Gasteiger partial charge in [0.25, 0.3) is 5.56 Å². The van der Waals surface area contributed by atoms with Crippen LogP contribution < -0.4 is 11.3 Å². The van der Waals surface area contributed by atoms with Crippen molar-refractivity contribution >= 4 is 11.6 Å². The molecule has 86 valence electrons. The van der Waals surface area contributed by atoms with Gasteiger partial charge in [-0.3, -0.25) is 9.59 Å². The zero-order valence-electron chi connectivity index (χ0n) is 9.22. The normalized spacial score (nSPS) is 14.8. The lowest BCUT2D eigenvalue weighted by atomic mass is 10.4. The first kappa shape index (κ1) is 10.7. The van der Waals surface area contributed by atoms with Gasteiger partial charge in [0.05, 0.1) is 5.69 Å². The van der Waals surface area contributed by atoms with Crippen molar-refractivity contribution < 1.29 is 4.79 Å². The van der Waals surface area contributed by atoms with E-state index in [2.05, 4.69) is 0 Å². The zero-order chi connectivity index (χ0) is 11.7. The highest BCUT2D eigenvalue weighted by Gasteiger charge is 2.29. The number of amides is 1. The minimum absolute atomic E-state index is 0.0461. The molecule has 1 aromatic heterocycles. The molecule has 16 heavy (non-hydrogen) atoms. The first-order chi connectivity index (χ1) is 7.59. The molecule has 0 unspecified atom stereocenters. The molecular formula is C11H15N3O2. The van der Waals surface area contributed by atoms with Crippen LogP contribution in [0.2, 0.25) is 0 Å². The molecule has 1 heterocycles. The van der Waals surface area contributed by atoms with Crippen LogP contribution in [0, 0.1) is 0 Å². The van der Waals surface area contributed by atoms with E-state index < -0.39 is 0 Å². The Morgan fingerprint density at radius 3 is 2.94 bits per heavy atom. The third-order valence-electron chi connectivity index (χ3n) is 2.84.